The van der Waals surface area contributed by atoms with Gasteiger partial charge in [-0.25, -0.2) is 0 Å². The van der Waals surface area contributed by atoms with Crippen molar-refractivity contribution in [1.82, 2.24) is 15.2 Å². The van der Waals surface area contributed by atoms with Crippen LogP contribution in [-0.2, 0) is 4.74 Å². The summed E-state index contributed by atoms with van der Waals surface area (Å²) < 4.78 is 5.49. The Hall–Kier alpha value is -1.84. The maximum atomic E-state index is 5.49. The fourth-order valence-electron chi connectivity index (χ4n) is 1.95. The second-order valence-corrected chi connectivity index (χ2v) is 3.67. The van der Waals surface area contributed by atoms with Crippen molar-refractivity contribution in [3.05, 3.63) is 36.0 Å². The Balaban J connectivity index is 0.000000963. The lowest BCUT2D eigenvalue weighted by Gasteiger charge is -2.10. The van der Waals surface area contributed by atoms with Crippen LogP contribution in [0, 0.1) is 6.92 Å². The van der Waals surface area contributed by atoms with Crippen molar-refractivity contribution in [2.75, 3.05) is 0 Å². The summed E-state index contributed by atoms with van der Waals surface area (Å²) in [4.78, 5) is 4.40. The molecule has 0 radical (unpaired) electrons. The van der Waals surface area contributed by atoms with E-state index in [-0.39, 0.29) is 7.53 Å². The second kappa shape index (κ2) is 3.08. The van der Waals surface area contributed by atoms with Gasteiger partial charge in [0.05, 0.1) is 17.5 Å². The monoisotopic (exact) mass is 203 g/mol. The molecule has 3 rings (SSSR count). The summed E-state index contributed by atoms with van der Waals surface area (Å²) in [5.74, 6) is 0. The van der Waals surface area contributed by atoms with E-state index in [0.717, 1.165) is 28.7 Å². The first kappa shape index (κ1) is 8.47. The molecule has 2 aromatic rings. The number of pyridine rings is 1. The lowest BCUT2D eigenvalue weighted by atomic mass is 10.1. The number of ether oxygens (including phenoxy) is 1. The number of aromatic nitrogens is 3. The number of nitrogens with one attached hydrogen (secondary N) is 1. The van der Waals surface area contributed by atoms with Crippen LogP contribution in [0.2, 0.25) is 0 Å². The highest BCUT2D eigenvalue weighted by atomic mass is 16.5. The van der Waals surface area contributed by atoms with Gasteiger partial charge < -0.3 is 4.74 Å². The molecule has 0 aromatic carbocycles. The van der Waals surface area contributed by atoms with Crippen LogP contribution >= 0.6 is 0 Å². The molecular weight excluding hydrogens is 190 g/mol. The Morgan fingerprint density at radius 2 is 2.53 bits per heavy atom. The fourth-order valence-corrected chi connectivity index (χ4v) is 1.95. The van der Waals surface area contributed by atoms with E-state index in [1.807, 2.05) is 19.1 Å². The van der Waals surface area contributed by atoms with Gasteiger partial charge in [0.1, 0.15) is 6.10 Å². The first-order chi connectivity index (χ1) is 7.36. The highest BCUT2D eigenvalue weighted by Crippen LogP contribution is 2.31. The van der Waals surface area contributed by atoms with Crippen molar-refractivity contribution in [1.29, 1.82) is 0 Å². The first-order valence-corrected chi connectivity index (χ1v) is 4.96. The third-order valence-corrected chi connectivity index (χ3v) is 2.67. The molecule has 0 amide bonds. The molecule has 1 N–H and O–H groups in total. The van der Waals surface area contributed by atoms with E-state index < -0.39 is 0 Å². The lowest BCUT2D eigenvalue weighted by Crippen LogP contribution is -1.99. The molecule has 1 aliphatic heterocycles. The van der Waals surface area contributed by atoms with Crippen LogP contribution in [-0.4, -0.2) is 15.2 Å². The second-order valence-electron chi connectivity index (χ2n) is 3.67. The van der Waals surface area contributed by atoms with Crippen molar-refractivity contribution in [3.8, 4) is 0 Å². The molecule has 1 unspecified atom stereocenters. The Bertz CT molecular complexity index is 527. The molecule has 0 saturated carbocycles. The average Bonchev–Trinajstić information content (AvgIpc) is 2.88. The van der Waals surface area contributed by atoms with Crippen LogP contribution in [0.5, 0.6) is 0 Å². The van der Waals surface area contributed by atoms with E-state index in [0.29, 0.717) is 0 Å². The summed E-state index contributed by atoms with van der Waals surface area (Å²) >= 11 is 0. The Labute approximate surface area is 88.5 Å². The van der Waals surface area contributed by atoms with E-state index in [2.05, 4.69) is 15.2 Å². The van der Waals surface area contributed by atoms with Gasteiger partial charge in [0, 0.05) is 25.1 Å². The van der Waals surface area contributed by atoms with Crippen molar-refractivity contribution < 1.29 is 6.16 Å². The first-order valence-electron chi connectivity index (χ1n) is 4.96. The molecule has 0 saturated heterocycles. The third-order valence-electron chi connectivity index (χ3n) is 2.67. The molecule has 0 aliphatic carbocycles. The van der Waals surface area contributed by atoms with Crippen LogP contribution < -0.4 is 0 Å². The van der Waals surface area contributed by atoms with E-state index in [1.165, 1.54) is 0 Å². The van der Waals surface area contributed by atoms with Gasteiger partial charge in [0.2, 0.25) is 0 Å². The largest absolute Gasteiger partial charge is 0.492 e. The van der Waals surface area contributed by atoms with Gasteiger partial charge >= 0.3 is 0 Å². The minimum atomic E-state index is 0. The molecule has 0 bridgehead atoms. The van der Waals surface area contributed by atoms with E-state index in [9.17, 15) is 0 Å². The van der Waals surface area contributed by atoms with Gasteiger partial charge in [-0.2, -0.15) is 5.10 Å². The predicted molar refractivity (Wildman–Crippen MR) is 58.3 cm³/mol. The summed E-state index contributed by atoms with van der Waals surface area (Å²) in [6, 6.07) is 1.91. The zero-order valence-electron chi connectivity index (χ0n) is 8.40. The van der Waals surface area contributed by atoms with Crippen molar-refractivity contribution in [2.24, 2.45) is 0 Å². The van der Waals surface area contributed by atoms with E-state index in [4.69, 9.17) is 4.74 Å². The third kappa shape index (κ3) is 1.21. The summed E-state index contributed by atoms with van der Waals surface area (Å²) in [7, 11) is 0. The SMILES string of the molecule is Cc1[nH]nc2ccnc(C3CC=CO3)c12.[HH]. The Morgan fingerprint density at radius 3 is 3.33 bits per heavy atom. The van der Waals surface area contributed by atoms with Crippen LogP contribution in [0.1, 0.15) is 25.3 Å². The van der Waals surface area contributed by atoms with E-state index >= 15 is 0 Å². The molecule has 1 atom stereocenters. The minimum Gasteiger partial charge on any atom is -0.492 e. The quantitative estimate of drug-likeness (QED) is 0.774. The zero-order valence-corrected chi connectivity index (χ0v) is 8.40. The van der Waals surface area contributed by atoms with Gasteiger partial charge in [-0.3, -0.25) is 10.1 Å². The number of hydrogen-bond acceptors (Lipinski definition) is 3. The number of nitrogens with zero attached hydrogens (tertiary/aromatic N) is 2. The molecule has 4 heteroatoms. The summed E-state index contributed by atoms with van der Waals surface area (Å²) in [5.41, 5.74) is 2.97. The number of fused-ring (bicyclic) bond motifs is 1. The molecular formula is C11H13N3O. The average molecular weight is 203 g/mol. The van der Waals surface area contributed by atoms with Crippen LogP contribution in [0.4, 0.5) is 0 Å². The number of aryl methyl sites for hydroxylation is 1. The summed E-state index contributed by atoms with van der Waals surface area (Å²) in [5, 5.41) is 8.27. The molecule has 78 valence electrons. The smallest absolute Gasteiger partial charge is 0.144 e. The predicted octanol–water partition coefficient (Wildman–Crippen LogP) is 2.49. The normalized spacial score (nSPS) is 19.7. The van der Waals surface area contributed by atoms with Crippen molar-refractivity contribution in [3.63, 3.8) is 0 Å². The van der Waals surface area contributed by atoms with Crippen molar-refractivity contribution in [2.45, 2.75) is 19.4 Å². The maximum absolute atomic E-state index is 5.49. The van der Waals surface area contributed by atoms with Gasteiger partial charge in [-0.05, 0) is 19.1 Å². The van der Waals surface area contributed by atoms with Crippen molar-refractivity contribution >= 4 is 10.9 Å². The van der Waals surface area contributed by atoms with Crippen LogP contribution in [0.25, 0.3) is 10.9 Å². The number of rotatable bonds is 1. The molecule has 2 aromatic heterocycles. The highest BCUT2D eigenvalue weighted by molar-refractivity contribution is 5.83. The minimum absolute atomic E-state index is 0. The summed E-state index contributed by atoms with van der Waals surface area (Å²) in [6.07, 6.45) is 6.46. The zero-order chi connectivity index (χ0) is 10.3. The molecule has 0 spiro atoms. The Kier molecular flexibility index (Phi) is 1.74. The van der Waals surface area contributed by atoms with Gasteiger partial charge in [0.25, 0.3) is 0 Å². The summed E-state index contributed by atoms with van der Waals surface area (Å²) in [6.45, 7) is 2.00. The van der Waals surface area contributed by atoms with Gasteiger partial charge in [0.15, 0.2) is 0 Å². The highest BCUT2D eigenvalue weighted by Gasteiger charge is 2.20. The standard InChI is InChI=1S/C11H11N3O.H2/c1-7-10-8(14-13-7)4-5-12-11(10)9-3-2-6-15-9;/h2,4-6,9H,3H2,1H3,(H,13,14);1H. The van der Waals surface area contributed by atoms with Gasteiger partial charge in [-0.15, -0.1) is 0 Å². The molecule has 1 aliphatic rings. The van der Waals surface area contributed by atoms with Crippen LogP contribution in [0.15, 0.2) is 24.6 Å². The molecule has 3 heterocycles. The Morgan fingerprint density at radius 1 is 1.60 bits per heavy atom. The van der Waals surface area contributed by atoms with Crippen LogP contribution in [0.3, 0.4) is 0 Å². The maximum Gasteiger partial charge on any atom is 0.144 e. The molecule has 4 nitrogen and oxygen atoms in total. The topological polar surface area (TPSA) is 50.8 Å². The van der Waals surface area contributed by atoms with E-state index in [1.54, 1.807) is 12.5 Å². The fraction of sp³-hybridized carbons (Fsp3) is 0.273. The lowest BCUT2D eigenvalue weighted by molar-refractivity contribution is 0.170. The molecule has 0 fully saturated rings. The number of aromatic amines is 1. The number of hydrogen-bond donors (Lipinski definition) is 1. The molecule has 15 heavy (non-hydrogen) atoms. The van der Waals surface area contributed by atoms with Gasteiger partial charge in [-0.1, -0.05) is 0 Å². The number of H-pyrrole nitrogens is 1.